The number of hydrogen-bond acceptors (Lipinski definition) is 3. The first-order valence-electron chi connectivity index (χ1n) is 3.06. The first-order valence-corrected chi connectivity index (χ1v) is 3.06. The summed E-state index contributed by atoms with van der Waals surface area (Å²) in [6.07, 6.45) is 1.29. The molecule has 11 heavy (non-hydrogen) atoms. The summed E-state index contributed by atoms with van der Waals surface area (Å²) in [5.41, 5.74) is 6.61. The molecule has 0 bridgehead atoms. The maximum Gasteiger partial charge on any atom is 0.337 e. The number of carbonyl (C=O) groups is 1. The average Bonchev–Trinajstić information content (AvgIpc) is 1.94. The van der Waals surface area contributed by atoms with Gasteiger partial charge in [0.1, 0.15) is 0 Å². The third kappa shape index (κ3) is 1.46. The van der Waals surface area contributed by atoms with E-state index < -0.39 is 5.97 Å². The van der Waals surface area contributed by atoms with Gasteiger partial charge in [-0.05, 0) is 13.0 Å². The second-order valence-electron chi connectivity index (χ2n) is 2.20. The molecule has 1 aromatic rings. The summed E-state index contributed by atoms with van der Waals surface area (Å²) in [5.74, 6) is -1.01. The Hall–Kier alpha value is -1.58. The molecular weight excluding hydrogens is 144 g/mol. The van der Waals surface area contributed by atoms with E-state index in [9.17, 15) is 4.79 Å². The summed E-state index contributed by atoms with van der Waals surface area (Å²) in [5, 5.41) is 8.50. The number of nitrogen functional groups attached to an aromatic ring is 1. The third-order valence-corrected chi connectivity index (χ3v) is 1.37. The molecule has 0 aliphatic rings. The number of hydrogen-bond donors (Lipinski definition) is 2. The molecule has 0 radical (unpaired) electrons. The zero-order chi connectivity index (χ0) is 8.43. The molecule has 4 nitrogen and oxygen atoms in total. The summed E-state index contributed by atoms with van der Waals surface area (Å²) in [7, 11) is 0. The van der Waals surface area contributed by atoms with E-state index in [4.69, 9.17) is 10.8 Å². The number of carboxylic acid groups (broad SMARTS) is 1. The maximum absolute atomic E-state index is 10.4. The van der Waals surface area contributed by atoms with E-state index in [2.05, 4.69) is 4.98 Å². The molecule has 3 N–H and O–H groups in total. The highest BCUT2D eigenvalue weighted by Gasteiger charge is 2.03. The molecule has 1 aromatic heterocycles. The van der Waals surface area contributed by atoms with Crippen molar-refractivity contribution < 1.29 is 9.90 Å². The lowest BCUT2D eigenvalue weighted by Crippen LogP contribution is -2.01. The summed E-state index contributed by atoms with van der Waals surface area (Å²) < 4.78 is 0. The summed E-state index contributed by atoms with van der Waals surface area (Å²) in [6.45, 7) is 1.72. The van der Waals surface area contributed by atoms with E-state index >= 15 is 0 Å². The number of aromatic carboxylic acids is 1. The van der Waals surface area contributed by atoms with Gasteiger partial charge in [-0.3, -0.25) is 4.98 Å². The molecule has 0 aliphatic heterocycles. The third-order valence-electron chi connectivity index (χ3n) is 1.37. The van der Waals surface area contributed by atoms with Gasteiger partial charge in [-0.2, -0.15) is 0 Å². The molecule has 0 aliphatic carbocycles. The van der Waals surface area contributed by atoms with E-state index in [-0.39, 0.29) is 5.56 Å². The number of pyridine rings is 1. The van der Waals surface area contributed by atoms with Gasteiger partial charge >= 0.3 is 5.97 Å². The van der Waals surface area contributed by atoms with Crippen LogP contribution in [0.25, 0.3) is 0 Å². The molecule has 58 valence electrons. The van der Waals surface area contributed by atoms with Crippen molar-refractivity contribution in [1.82, 2.24) is 4.98 Å². The lowest BCUT2D eigenvalue weighted by Gasteiger charge is -1.98. The zero-order valence-corrected chi connectivity index (χ0v) is 6.03. The standard InChI is InChI=1S/C7H8N2O2/c1-4-6(8)2-5(3-9-4)7(10)11/h2-3H,8H2,1H3,(H,10,11). The van der Waals surface area contributed by atoms with Crippen molar-refractivity contribution in [2.24, 2.45) is 0 Å². The van der Waals surface area contributed by atoms with Gasteiger partial charge in [0.15, 0.2) is 0 Å². The molecule has 0 saturated heterocycles. The van der Waals surface area contributed by atoms with Crippen LogP contribution < -0.4 is 5.73 Å². The Kier molecular flexibility index (Phi) is 1.76. The van der Waals surface area contributed by atoms with Crippen LogP contribution in [0.4, 0.5) is 5.69 Å². The minimum Gasteiger partial charge on any atom is -0.478 e. The molecule has 0 spiro atoms. The van der Waals surface area contributed by atoms with Crippen LogP contribution in [0.2, 0.25) is 0 Å². The molecule has 0 saturated carbocycles. The van der Waals surface area contributed by atoms with E-state index in [1.54, 1.807) is 6.92 Å². The first-order chi connectivity index (χ1) is 5.11. The van der Waals surface area contributed by atoms with Gasteiger partial charge in [-0.15, -0.1) is 0 Å². The predicted octanol–water partition coefficient (Wildman–Crippen LogP) is 0.670. The topological polar surface area (TPSA) is 76.2 Å². The SMILES string of the molecule is Cc1ncc(C(=O)O)cc1N. The smallest absolute Gasteiger partial charge is 0.337 e. The number of nitrogens with zero attached hydrogens (tertiary/aromatic N) is 1. The minimum absolute atomic E-state index is 0.119. The molecule has 4 heteroatoms. The normalized spacial score (nSPS) is 9.55. The fraction of sp³-hybridized carbons (Fsp3) is 0.143. The van der Waals surface area contributed by atoms with Crippen molar-refractivity contribution >= 4 is 11.7 Å². The fourth-order valence-corrected chi connectivity index (χ4v) is 0.667. The average molecular weight is 152 g/mol. The van der Waals surface area contributed by atoms with Crippen LogP contribution in [0.15, 0.2) is 12.3 Å². The molecule has 0 aromatic carbocycles. The summed E-state index contributed by atoms with van der Waals surface area (Å²) in [6, 6.07) is 1.39. The number of aryl methyl sites for hydroxylation is 1. The predicted molar refractivity (Wildman–Crippen MR) is 40.3 cm³/mol. The fourth-order valence-electron chi connectivity index (χ4n) is 0.667. The van der Waals surface area contributed by atoms with Crippen molar-refractivity contribution in [3.05, 3.63) is 23.5 Å². The highest BCUT2D eigenvalue weighted by Crippen LogP contribution is 2.08. The van der Waals surface area contributed by atoms with Gasteiger partial charge in [-0.25, -0.2) is 4.79 Å². The van der Waals surface area contributed by atoms with Gasteiger partial charge in [0.05, 0.1) is 16.9 Å². The van der Waals surface area contributed by atoms with Crippen LogP contribution in [-0.4, -0.2) is 16.1 Å². The lowest BCUT2D eigenvalue weighted by atomic mass is 10.2. The van der Waals surface area contributed by atoms with E-state index in [0.29, 0.717) is 11.4 Å². The molecule has 0 unspecified atom stereocenters. The Morgan fingerprint density at radius 3 is 2.82 bits per heavy atom. The van der Waals surface area contributed by atoms with E-state index in [0.717, 1.165) is 0 Å². The molecule has 0 fully saturated rings. The molecule has 0 amide bonds. The first kappa shape index (κ1) is 7.53. The summed E-state index contributed by atoms with van der Waals surface area (Å²) >= 11 is 0. The van der Waals surface area contributed by atoms with Gasteiger partial charge < -0.3 is 10.8 Å². The van der Waals surface area contributed by atoms with Crippen LogP contribution >= 0.6 is 0 Å². The second kappa shape index (κ2) is 2.57. The Bertz CT molecular complexity index is 296. The monoisotopic (exact) mass is 152 g/mol. The Morgan fingerprint density at radius 2 is 2.36 bits per heavy atom. The number of carboxylic acids is 1. The largest absolute Gasteiger partial charge is 0.478 e. The van der Waals surface area contributed by atoms with Crippen LogP contribution in [0.1, 0.15) is 16.1 Å². The quantitative estimate of drug-likeness (QED) is 0.620. The number of rotatable bonds is 1. The molecular formula is C7H8N2O2. The Balaban J connectivity index is 3.15. The van der Waals surface area contributed by atoms with Crippen molar-refractivity contribution in [3.8, 4) is 0 Å². The highest BCUT2D eigenvalue weighted by molar-refractivity contribution is 5.88. The molecule has 1 heterocycles. The van der Waals surface area contributed by atoms with Gasteiger partial charge in [-0.1, -0.05) is 0 Å². The number of anilines is 1. The number of aromatic nitrogens is 1. The second-order valence-corrected chi connectivity index (χ2v) is 2.20. The van der Waals surface area contributed by atoms with Gasteiger partial charge in [0, 0.05) is 6.20 Å². The van der Waals surface area contributed by atoms with Crippen molar-refractivity contribution in [1.29, 1.82) is 0 Å². The maximum atomic E-state index is 10.4. The summed E-state index contributed by atoms with van der Waals surface area (Å²) in [4.78, 5) is 14.2. The molecule has 0 atom stereocenters. The Morgan fingerprint density at radius 1 is 1.73 bits per heavy atom. The van der Waals surface area contributed by atoms with E-state index in [1.807, 2.05) is 0 Å². The van der Waals surface area contributed by atoms with Crippen LogP contribution in [0, 0.1) is 6.92 Å². The van der Waals surface area contributed by atoms with Gasteiger partial charge in [0.2, 0.25) is 0 Å². The van der Waals surface area contributed by atoms with Crippen LogP contribution in [0.3, 0.4) is 0 Å². The van der Waals surface area contributed by atoms with Crippen LogP contribution in [0.5, 0.6) is 0 Å². The zero-order valence-electron chi connectivity index (χ0n) is 6.03. The van der Waals surface area contributed by atoms with Crippen LogP contribution in [-0.2, 0) is 0 Å². The van der Waals surface area contributed by atoms with Crippen molar-refractivity contribution in [2.75, 3.05) is 5.73 Å². The minimum atomic E-state index is -1.01. The highest BCUT2D eigenvalue weighted by atomic mass is 16.4. The van der Waals surface area contributed by atoms with Crippen molar-refractivity contribution in [2.45, 2.75) is 6.92 Å². The number of nitrogens with two attached hydrogens (primary N) is 1. The van der Waals surface area contributed by atoms with E-state index in [1.165, 1.54) is 12.3 Å². The Labute approximate surface area is 63.7 Å². The van der Waals surface area contributed by atoms with Gasteiger partial charge in [0.25, 0.3) is 0 Å². The molecule has 1 rings (SSSR count). The lowest BCUT2D eigenvalue weighted by molar-refractivity contribution is 0.0696. The van der Waals surface area contributed by atoms with Crippen molar-refractivity contribution in [3.63, 3.8) is 0 Å².